The van der Waals surface area contributed by atoms with E-state index in [2.05, 4.69) is 18.4 Å². The van der Waals surface area contributed by atoms with Crippen molar-refractivity contribution in [2.45, 2.75) is 59.9 Å². The zero-order valence-electron chi connectivity index (χ0n) is 19.8. The molecular weight excluding hydrogens is 418 g/mol. The summed E-state index contributed by atoms with van der Waals surface area (Å²) in [4.78, 5) is 48.5. The molecule has 6 heteroatoms. The molecule has 1 atom stereocenters. The number of fused-ring (bicyclic) bond motifs is 3. The smallest absolute Gasteiger partial charge is 0.379 e. The SMILES string of the molecule is CCCCC(CC)Cn1c2ccc(C(=O)C(C)=O)cc2c2cc(C(=O)C(=O)OCC)ccc21. The van der Waals surface area contributed by atoms with Crippen molar-refractivity contribution < 1.29 is 23.9 Å². The number of ketones is 3. The van der Waals surface area contributed by atoms with Gasteiger partial charge in [-0.05, 0) is 55.7 Å². The molecule has 0 radical (unpaired) electrons. The Hall–Kier alpha value is -3.28. The van der Waals surface area contributed by atoms with Crippen LogP contribution in [0.5, 0.6) is 0 Å². The first-order valence-electron chi connectivity index (χ1n) is 11.6. The van der Waals surface area contributed by atoms with Gasteiger partial charge in [-0.1, -0.05) is 33.1 Å². The molecule has 33 heavy (non-hydrogen) atoms. The minimum atomic E-state index is -0.890. The van der Waals surface area contributed by atoms with E-state index in [-0.39, 0.29) is 12.2 Å². The summed E-state index contributed by atoms with van der Waals surface area (Å²) in [7, 11) is 0. The van der Waals surface area contributed by atoms with Gasteiger partial charge in [-0.15, -0.1) is 0 Å². The Bertz CT molecular complexity index is 1220. The standard InChI is InChI=1S/C27H31NO5/c1-5-8-9-18(6-2)16-28-23-12-10-19(25(30)17(4)29)14-21(23)22-15-20(11-13-24(22)28)26(31)27(32)33-7-3/h10-15,18H,5-9,16H2,1-4H3. The second-order valence-corrected chi connectivity index (χ2v) is 8.43. The third-order valence-electron chi connectivity index (χ3n) is 6.15. The van der Waals surface area contributed by atoms with Gasteiger partial charge in [0.15, 0.2) is 5.78 Å². The van der Waals surface area contributed by atoms with Crippen LogP contribution in [0.4, 0.5) is 0 Å². The number of carbonyl (C=O) groups excluding carboxylic acids is 4. The number of esters is 1. The predicted molar refractivity (Wildman–Crippen MR) is 129 cm³/mol. The molecule has 0 bridgehead atoms. The van der Waals surface area contributed by atoms with Gasteiger partial charge >= 0.3 is 5.97 Å². The summed E-state index contributed by atoms with van der Waals surface area (Å²) >= 11 is 0. The molecule has 0 aliphatic rings. The van der Waals surface area contributed by atoms with Crippen molar-refractivity contribution in [3.8, 4) is 0 Å². The lowest BCUT2D eigenvalue weighted by molar-refractivity contribution is -0.137. The fourth-order valence-corrected chi connectivity index (χ4v) is 4.28. The van der Waals surface area contributed by atoms with E-state index >= 15 is 0 Å². The second kappa shape index (κ2) is 10.6. The van der Waals surface area contributed by atoms with Gasteiger partial charge in [0.05, 0.1) is 6.61 Å². The molecule has 1 unspecified atom stereocenters. The minimum Gasteiger partial charge on any atom is -0.460 e. The summed E-state index contributed by atoms with van der Waals surface area (Å²) in [5.74, 6) is -2.18. The Morgan fingerprint density at radius 2 is 1.45 bits per heavy atom. The molecular formula is C27H31NO5. The molecule has 0 saturated carbocycles. The van der Waals surface area contributed by atoms with Crippen LogP contribution in [0.15, 0.2) is 36.4 Å². The maximum Gasteiger partial charge on any atom is 0.379 e. The van der Waals surface area contributed by atoms with E-state index in [1.54, 1.807) is 31.2 Å². The number of carbonyl (C=O) groups is 4. The summed E-state index contributed by atoms with van der Waals surface area (Å²) in [5.41, 5.74) is 2.41. The number of unbranched alkanes of at least 4 members (excludes halogenated alkanes) is 1. The quantitative estimate of drug-likeness (QED) is 0.218. The molecule has 0 fully saturated rings. The molecule has 0 N–H and O–H groups in total. The van der Waals surface area contributed by atoms with Crippen LogP contribution in [0, 0.1) is 5.92 Å². The zero-order chi connectivity index (χ0) is 24.1. The van der Waals surface area contributed by atoms with Crippen molar-refractivity contribution in [1.82, 2.24) is 4.57 Å². The second-order valence-electron chi connectivity index (χ2n) is 8.43. The van der Waals surface area contributed by atoms with E-state index in [4.69, 9.17) is 4.74 Å². The van der Waals surface area contributed by atoms with Crippen LogP contribution < -0.4 is 0 Å². The minimum absolute atomic E-state index is 0.124. The monoisotopic (exact) mass is 449 g/mol. The highest BCUT2D eigenvalue weighted by Gasteiger charge is 2.21. The Balaban J connectivity index is 2.20. The zero-order valence-corrected chi connectivity index (χ0v) is 19.8. The number of Topliss-reactive ketones (excluding diaryl/α,β-unsaturated/α-hetero) is 3. The lowest BCUT2D eigenvalue weighted by Gasteiger charge is -2.17. The highest BCUT2D eigenvalue weighted by atomic mass is 16.5. The molecule has 0 aliphatic carbocycles. The van der Waals surface area contributed by atoms with Crippen LogP contribution in [0.3, 0.4) is 0 Å². The van der Waals surface area contributed by atoms with Crippen LogP contribution in [-0.4, -0.2) is 34.5 Å². The number of rotatable bonds is 11. The molecule has 1 aromatic heterocycles. The molecule has 3 aromatic rings. The first-order valence-corrected chi connectivity index (χ1v) is 11.6. The summed E-state index contributed by atoms with van der Waals surface area (Å²) < 4.78 is 7.09. The summed E-state index contributed by atoms with van der Waals surface area (Å²) in [5, 5.41) is 1.55. The first kappa shape index (κ1) is 24.4. The summed E-state index contributed by atoms with van der Waals surface area (Å²) in [6, 6.07) is 10.4. The van der Waals surface area contributed by atoms with Gasteiger partial charge in [0.1, 0.15) is 0 Å². The Labute approximate surface area is 193 Å². The molecule has 6 nitrogen and oxygen atoms in total. The maximum atomic E-state index is 12.5. The van der Waals surface area contributed by atoms with E-state index < -0.39 is 23.3 Å². The average molecular weight is 450 g/mol. The average Bonchev–Trinajstić information content (AvgIpc) is 3.12. The van der Waals surface area contributed by atoms with E-state index in [1.807, 2.05) is 12.1 Å². The van der Waals surface area contributed by atoms with Gasteiger partial charge in [0.25, 0.3) is 5.78 Å². The number of ether oxygens (including phenoxy) is 1. The van der Waals surface area contributed by atoms with E-state index in [0.717, 1.165) is 54.0 Å². The summed E-state index contributed by atoms with van der Waals surface area (Å²) in [6.45, 7) is 8.21. The van der Waals surface area contributed by atoms with Crippen molar-refractivity contribution in [1.29, 1.82) is 0 Å². The van der Waals surface area contributed by atoms with Gasteiger partial charge in [-0.3, -0.25) is 14.4 Å². The Morgan fingerprint density at radius 3 is 1.94 bits per heavy atom. The molecule has 3 rings (SSSR count). The number of nitrogens with zero attached hydrogens (tertiary/aromatic N) is 1. The van der Waals surface area contributed by atoms with Crippen molar-refractivity contribution in [3.63, 3.8) is 0 Å². The molecule has 174 valence electrons. The largest absolute Gasteiger partial charge is 0.460 e. The lowest BCUT2D eigenvalue weighted by Crippen LogP contribution is -2.17. The van der Waals surface area contributed by atoms with Crippen molar-refractivity contribution in [3.05, 3.63) is 47.5 Å². The molecule has 0 saturated heterocycles. The first-order chi connectivity index (χ1) is 15.8. The van der Waals surface area contributed by atoms with Gasteiger partial charge in [0.2, 0.25) is 5.78 Å². The molecule has 1 heterocycles. The number of hydrogen-bond acceptors (Lipinski definition) is 5. The van der Waals surface area contributed by atoms with Crippen LogP contribution in [-0.2, 0) is 20.9 Å². The fraction of sp³-hybridized carbons (Fsp3) is 0.407. The van der Waals surface area contributed by atoms with Gasteiger partial charge in [0, 0.05) is 46.4 Å². The maximum absolute atomic E-state index is 12.5. The number of benzene rings is 2. The topological polar surface area (TPSA) is 82.4 Å². The molecule has 2 aromatic carbocycles. The molecule has 0 spiro atoms. The summed E-state index contributed by atoms with van der Waals surface area (Å²) in [6.07, 6.45) is 4.46. The van der Waals surface area contributed by atoms with E-state index in [1.165, 1.54) is 6.92 Å². The third-order valence-corrected chi connectivity index (χ3v) is 6.15. The van der Waals surface area contributed by atoms with Gasteiger partial charge in [-0.2, -0.15) is 0 Å². The molecule has 0 aliphatic heterocycles. The Kier molecular flexibility index (Phi) is 7.79. The molecule has 0 amide bonds. The normalized spacial score (nSPS) is 12.1. The van der Waals surface area contributed by atoms with Crippen molar-refractivity contribution in [2.24, 2.45) is 5.92 Å². The van der Waals surface area contributed by atoms with E-state index in [0.29, 0.717) is 11.5 Å². The number of hydrogen-bond donors (Lipinski definition) is 0. The van der Waals surface area contributed by atoms with Crippen LogP contribution >= 0.6 is 0 Å². The van der Waals surface area contributed by atoms with Gasteiger partial charge in [-0.25, -0.2) is 4.79 Å². The van der Waals surface area contributed by atoms with Crippen LogP contribution in [0.25, 0.3) is 21.8 Å². The highest BCUT2D eigenvalue weighted by molar-refractivity contribution is 6.43. The van der Waals surface area contributed by atoms with Gasteiger partial charge < -0.3 is 9.30 Å². The highest BCUT2D eigenvalue weighted by Crippen LogP contribution is 2.33. The van der Waals surface area contributed by atoms with Crippen LogP contribution in [0.1, 0.15) is 74.1 Å². The lowest BCUT2D eigenvalue weighted by atomic mass is 9.99. The Morgan fingerprint density at radius 1 is 0.879 bits per heavy atom. The predicted octanol–water partition coefficient (Wildman–Crippen LogP) is 5.53. The third kappa shape index (κ3) is 5.05. The van der Waals surface area contributed by atoms with E-state index in [9.17, 15) is 19.2 Å². The van der Waals surface area contributed by atoms with Crippen molar-refractivity contribution >= 4 is 45.1 Å². The fourth-order valence-electron chi connectivity index (χ4n) is 4.28. The van der Waals surface area contributed by atoms with Crippen molar-refractivity contribution in [2.75, 3.05) is 6.61 Å². The number of aromatic nitrogens is 1. The van der Waals surface area contributed by atoms with Crippen LogP contribution in [0.2, 0.25) is 0 Å².